The maximum Gasteiger partial charge on any atom is 2.00 e. The van der Waals surface area contributed by atoms with Crippen LogP contribution in [0.15, 0.2) is 46.4 Å². The van der Waals surface area contributed by atoms with Crippen LogP contribution in [0.4, 0.5) is 0 Å². The molecular formula is C16H21ClMgO2S. The van der Waals surface area contributed by atoms with Crippen molar-refractivity contribution in [1.82, 2.24) is 0 Å². The Bertz CT molecular complexity index is 592. The number of rotatable bonds is 3. The van der Waals surface area contributed by atoms with E-state index in [1.165, 1.54) is 11.3 Å². The Labute approximate surface area is 150 Å². The van der Waals surface area contributed by atoms with Crippen molar-refractivity contribution in [3.8, 4) is 0 Å². The molecule has 0 radical (unpaired) electrons. The van der Waals surface area contributed by atoms with Gasteiger partial charge < -0.3 is 12.4 Å². The fourth-order valence-electron chi connectivity index (χ4n) is 2.74. The molecule has 0 aliphatic heterocycles. The SMILES string of the molecule is CC1=C([CH-]S(=O)(=O)c2ccccc2)C(C)(C)CCC1.[Cl-].[Mg+2]. The number of allylic oxidation sites excluding steroid dienone is 1. The summed E-state index contributed by atoms with van der Waals surface area (Å²) >= 11 is 0. The van der Waals surface area contributed by atoms with Crippen LogP contribution in [0.5, 0.6) is 0 Å². The zero-order valence-electron chi connectivity index (χ0n) is 12.9. The summed E-state index contributed by atoms with van der Waals surface area (Å²) in [7, 11) is -3.35. The monoisotopic (exact) mass is 336 g/mol. The smallest absolute Gasteiger partial charge is 1.00 e. The second-order valence-electron chi connectivity index (χ2n) is 5.91. The molecule has 1 aliphatic carbocycles. The van der Waals surface area contributed by atoms with Gasteiger partial charge >= 0.3 is 23.1 Å². The summed E-state index contributed by atoms with van der Waals surface area (Å²) in [5, 5.41) is 0. The van der Waals surface area contributed by atoms with Crippen molar-refractivity contribution in [2.24, 2.45) is 5.41 Å². The summed E-state index contributed by atoms with van der Waals surface area (Å²) in [5.41, 5.74) is 2.14. The summed E-state index contributed by atoms with van der Waals surface area (Å²) in [6.07, 6.45) is 3.18. The molecule has 0 amide bonds. The maximum atomic E-state index is 12.4. The molecule has 5 heteroatoms. The van der Waals surface area contributed by atoms with Gasteiger partial charge in [-0.05, 0) is 24.0 Å². The molecule has 0 unspecified atom stereocenters. The first-order valence-corrected chi connectivity index (χ1v) is 8.23. The van der Waals surface area contributed by atoms with E-state index in [9.17, 15) is 8.42 Å². The number of benzene rings is 1. The second-order valence-corrected chi connectivity index (χ2v) is 7.70. The molecule has 1 aromatic carbocycles. The standard InChI is InChI=1S/C16H21O2S.ClH.Mg/c1-13-8-7-11-16(2,3)15(13)12-19(17,18)14-9-5-4-6-10-14;;/h4-6,9-10,12H,7-8,11H2,1-3H3;1H;/q-1;;+2/p-1. The van der Waals surface area contributed by atoms with E-state index in [0.29, 0.717) is 4.90 Å². The van der Waals surface area contributed by atoms with Crippen LogP contribution in [-0.2, 0) is 9.84 Å². The van der Waals surface area contributed by atoms with E-state index in [-0.39, 0.29) is 40.9 Å². The Morgan fingerprint density at radius 2 is 1.71 bits per heavy atom. The van der Waals surface area contributed by atoms with Crippen LogP contribution < -0.4 is 12.4 Å². The Kier molecular flexibility index (Phi) is 7.84. The normalized spacial score (nSPS) is 17.5. The Balaban J connectivity index is 0.00000200. The van der Waals surface area contributed by atoms with Gasteiger partial charge in [-0.25, -0.2) is 14.0 Å². The van der Waals surface area contributed by atoms with Gasteiger partial charge in [0.05, 0.1) is 4.90 Å². The minimum Gasteiger partial charge on any atom is -1.00 e. The van der Waals surface area contributed by atoms with Crippen molar-refractivity contribution < 1.29 is 20.8 Å². The van der Waals surface area contributed by atoms with E-state index < -0.39 is 9.84 Å². The van der Waals surface area contributed by atoms with Crippen molar-refractivity contribution >= 4 is 32.9 Å². The van der Waals surface area contributed by atoms with Gasteiger partial charge in [-0.15, -0.1) is 12.7 Å². The van der Waals surface area contributed by atoms with Crippen LogP contribution in [0.25, 0.3) is 0 Å². The fourth-order valence-corrected chi connectivity index (χ4v) is 4.24. The maximum absolute atomic E-state index is 12.4. The summed E-state index contributed by atoms with van der Waals surface area (Å²) in [4.78, 5) is 0.372. The Morgan fingerprint density at radius 3 is 2.24 bits per heavy atom. The molecule has 0 fully saturated rings. The largest absolute Gasteiger partial charge is 2.00 e. The van der Waals surface area contributed by atoms with Gasteiger partial charge in [0.15, 0.2) is 0 Å². The third kappa shape index (κ3) is 4.91. The zero-order valence-corrected chi connectivity index (χ0v) is 15.9. The van der Waals surface area contributed by atoms with E-state index in [2.05, 4.69) is 13.8 Å². The molecule has 0 bridgehead atoms. The predicted molar refractivity (Wildman–Crippen MR) is 84.0 cm³/mol. The molecule has 0 heterocycles. The third-order valence-corrected chi connectivity index (χ3v) is 5.36. The predicted octanol–water partition coefficient (Wildman–Crippen LogP) is 0.772. The summed E-state index contributed by atoms with van der Waals surface area (Å²) in [6, 6.07) is 8.64. The number of sulfone groups is 1. The van der Waals surface area contributed by atoms with E-state index in [4.69, 9.17) is 0 Å². The van der Waals surface area contributed by atoms with Crippen LogP contribution in [0.3, 0.4) is 0 Å². The van der Waals surface area contributed by atoms with E-state index in [0.717, 1.165) is 24.8 Å². The molecular weight excluding hydrogens is 316 g/mol. The molecule has 0 atom stereocenters. The topological polar surface area (TPSA) is 34.1 Å². The average molecular weight is 337 g/mol. The van der Waals surface area contributed by atoms with Gasteiger partial charge in [-0.2, -0.15) is 5.57 Å². The molecule has 21 heavy (non-hydrogen) atoms. The minimum absolute atomic E-state index is 0. The molecule has 0 aromatic heterocycles. The second kappa shape index (κ2) is 7.91. The molecule has 112 valence electrons. The summed E-state index contributed by atoms with van der Waals surface area (Å²) < 4.78 is 24.9. The first kappa shape index (κ1) is 20.8. The van der Waals surface area contributed by atoms with Crippen molar-refractivity contribution in [3.05, 3.63) is 47.2 Å². The zero-order chi connectivity index (χ0) is 14.1. The van der Waals surface area contributed by atoms with Crippen molar-refractivity contribution in [2.75, 3.05) is 0 Å². The van der Waals surface area contributed by atoms with Crippen LogP contribution in [0.2, 0.25) is 0 Å². The fraction of sp³-hybridized carbons (Fsp3) is 0.438. The minimum atomic E-state index is -3.35. The van der Waals surface area contributed by atoms with Crippen molar-refractivity contribution in [3.63, 3.8) is 0 Å². The molecule has 0 N–H and O–H groups in total. The molecule has 1 aromatic rings. The van der Waals surface area contributed by atoms with Gasteiger partial charge in [0.2, 0.25) is 0 Å². The van der Waals surface area contributed by atoms with Gasteiger partial charge in [0, 0.05) is 0 Å². The molecule has 0 saturated heterocycles. The molecule has 0 saturated carbocycles. The summed E-state index contributed by atoms with van der Waals surface area (Å²) in [5.74, 6) is 1.48. The third-order valence-electron chi connectivity index (χ3n) is 3.89. The van der Waals surface area contributed by atoms with Gasteiger partial charge in [-0.3, -0.25) is 0 Å². The van der Waals surface area contributed by atoms with E-state index in [1.807, 2.05) is 13.0 Å². The quantitative estimate of drug-likeness (QED) is 0.603. The van der Waals surface area contributed by atoms with Gasteiger partial charge in [-0.1, -0.05) is 44.9 Å². The van der Waals surface area contributed by atoms with E-state index in [1.54, 1.807) is 24.3 Å². The average Bonchev–Trinajstić information content (AvgIpc) is 2.35. The molecule has 1 aliphatic rings. The van der Waals surface area contributed by atoms with Crippen molar-refractivity contribution in [1.29, 1.82) is 0 Å². The number of halogens is 1. The van der Waals surface area contributed by atoms with Crippen molar-refractivity contribution in [2.45, 2.75) is 44.9 Å². The van der Waals surface area contributed by atoms with Crippen LogP contribution >= 0.6 is 0 Å². The molecule has 2 rings (SSSR count). The molecule has 0 spiro atoms. The Hall–Kier alpha value is -0.164. The Morgan fingerprint density at radius 1 is 1.14 bits per heavy atom. The summed E-state index contributed by atoms with van der Waals surface area (Å²) in [6.45, 7) is 6.30. The number of hydrogen-bond acceptors (Lipinski definition) is 2. The van der Waals surface area contributed by atoms with Gasteiger partial charge in [0.1, 0.15) is 9.84 Å². The van der Waals surface area contributed by atoms with Crippen LogP contribution in [-0.4, -0.2) is 31.5 Å². The van der Waals surface area contributed by atoms with E-state index >= 15 is 0 Å². The first-order valence-electron chi connectivity index (χ1n) is 6.68. The number of hydrogen-bond donors (Lipinski definition) is 0. The van der Waals surface area contributed by atoms with Crippen LogP contribution in [0.1, 0.15) is 40.0 Å². The van der Waals surface area contributed by atoms with Gasteiger partial charge in [0.25, 0.3) is 0 Å². The molecule has 2 nitrogen and oxygen atoms in total. The first-order chi connectivity index (χ1) is 8.83. The van der Waals surface area contributed by atoms with Crippen LogP contribution in [0, 0.1) is 11.2 Å².